The van der Waals surface area contributed by atoms with Crippen molar-refractivity contribution in [2.75, 3.05) is 0 Å². The first-order valence-corrected chi connectivity index (χ1v) is 6.02. The van der Waals surface area contributed by atoms with Crippen LogP contribution in [0.4, 0.5) is 0 Å². The van der Waals surface area contributed by atoms with E-state index in [-0.39, 0.29) is 6.42 Å². The highest BCUT2D eigenvalue weighted by atomic mass is 35.5. The summed E-state index contributed by atoms with van der Waals surface area (Å²) in [5.74, 6) is -0.874. The molecule has 0 unspecified atom stereocenters. The van der Waals surface area contributed by atoms with Gasteiger partial charge in [0.25, 0.3) is 0 Å². The number of carbonyl (C=O) groups is 1. The Labute approximate surface area is 111 Å². The molecule has 92 valence electrons. The molecular formula is C15H13ClO2. The van der Waals surface area contributed by atoms with Gasteiger partial charge in [-0.3, -0.25) is 4.79 Å². The molecule has 0 radical (unpaired) electrons. The molecule has 0 bridgehead atoms. The van der Waals surface area contributed by atoms with Gasteiger partial charge in [0.1, 0.15) is 0 Å². The Kier molecular flexibility index (Phi) is 3.68. The number of carboxylic acids is 1. The average molecular weight is 261 g/mol. The van der Waals surface area contributed by atoms with Gasteiger partial charge in [-0.25, -0.2) is 0 Å². The number of aliphatic carboxylic acids is 1. The van der Waals surface area contributed by atoms with E-state index in [2.05, 4.69) is 0 Å². The van der Waals surface area contributed by atoms with Gasteiger partial charge in [-0.15, -0.1) is 0 Å². The van der Waals surface area contributed by atoms with Crippen molar-refractivity contribution in [3.05, 3.63) is 58.6 Å². The monoisotopic (exact) mass is 260 g/mol. The Morgan fingerprint density at radius 3 is 2.56 bits per heavy atom. The lowest BCUT2D eigenvalue weighted by Gasteiger charge is -2.08. The molecule has 2 aromatic rings. The summed E-state index contributed by atoms with van der Waals surface area (Å²) < 4.78 is 0. The topological polar surface area (TPSA) is 37.3 Å². The molecule has 3 heteroatoms. The number of aryl methyl sites for hydroxylation is 1. The van der Waals surface area contributed by atoms with Crippen LogP contribution in [0.25, 0.3) is 11.1 Å². The Morgan fingerprint density at radius 2 is 1.94 bits per heavy atom. The summed E-state index contributed by atoms with van der Waals surface area (Å²) in [5, 5.41) is 9.26. The Hall–Kier alpha value is -1.80. The van der Waals surface area contributed by atoms with Crippen LogP contribution in [0.5, 0.6) is 0 Å². The van der Waals surface area contributed by atoms with Gasteiger partial charge >= 0.3 is 5.97 Å². The van der Waals surface area contributed by atoms with E-state index in [9.17, 15) is 4.79 Å². The fourth-order valence-electron chi connectivity index (χ4n) is 1.92. The van der Waals surface area contributed by atoms with Crippen LogP contribution in [0.15, 0.2) is 42.5 Å². The van der Waals surface area contributed by atoms with Crippen molar-refractivity contribution in [3.63, 3.8) is 0 Å². The van der Waals surface area contributed by atoms with Crippen molar-refractivity contribution >= 4 is 17.6 Å². The van der Waals surface area contributed by atoms with Crippen LogP contribution in [0.2, 0.25) is 5.02 Å². The maximum atomic E-state index is 10.7. The zero-order valence-corrected chi connectivity index (χ0v) is 10.7. The first kappa shape index (κ1) is 12.7. The van der Waals surface area contributed by atoms with Crippen LogP contribution in [-0.2, 0) is 11.2 Å². The predicted molar refractivity (Wildman–Crippen MR) is 73.0 cm³/mol. The van der Waals surface area contributed by atoms with E-state index in [1.807, 2.05) is 43.3 Å². The van der Waals surface area contributed by atoms with Crippen molar-refractivity contribution in [1.29, 1.82) is 0 Å². The summed E-state index contributed by atoms with van der Waals surface area (Å²) in [6.45, 7) is 2.04. The first-order chi connectivity index (χ1) is 8.58. The van der Waals surface area contributed by atoms with Gasteiger partial charge in [0, 0.05) is 5.02 Å². The number of benzene rings is 2. The van der Waals surface area contributed by atoms with Gasteiger partial charge in [0.15, 0.2) is 0 Å². The molecule has 2 rings (SSSR count). The maximum Gasteiger partial charge on any atom is 0.307 e. The van der Waals surface area contributed by atoms with Gasteiger partial charge in [-0.1, -0.05) is 48.0 Å². The zero-order chi connectivity index (χ0) is 13.1. The Bertz CT molecular complexity index is 591. The molecule has 0 saturated carbocycles. The second kappa shape index (κ2) is 5.23. The number of hydrogen-bond donors (Lipinski definition) is 1. The van der Waals surface area contributed by atoms with E-state index in [0.29, 0.717) is 10.6 Å². The van der Waals surface area contributed by atoms with Gasteiger partial charge < -0.3 is 5.11 Å². The van der Waals surface area contributed by atoms with Crippen LogP contribution in [0.1, 0.15) is 11.1 Å². The molecule has 1 N–H and O–H groups in total. The molecule has 0 atom stereocenters. The number of rotatable bonds is 3. The summed E-state index contributed by atoms with van der Waals surface area (Å²) >= 11 is 6.11. The Morgan fingerprint density at radius 1 is 1.22 bits per heavy atom. The molecule has 0 aliphatic carbocycles. The van der Waals surface area contributed by atoms with Crippen LogP contribution >= 0.6 is 11.6 Å². The third kappa shape index (κ3) is 2.71. The summed E-state index contributed by atoms with van der Waals surface area (Å²) in [6.07, 6.45) is -0.0487. The number of carboxylic acid groups (broad SMARTS) is 1. The van der Waals surface area contributed by atoms with Crippen LogP contribution in [0, 0.1) is 6.92 Å². The summed E-state index contributed by atoms with van der Waals surface area (Å²) in [5.41, 5.74) is 3.93. The SMILES string of the molecule is Cc1ccccc1-c1ccc(CC(=O)O)c(Cl)c1. The normalized spacial score (nSPS) is 10.3. The fraction of sp³-hybridized carbons (Fsp3) is 0.133. The number of hydrogen-bond acceptors (Lipinski definition) is 1. The minimum absolute atomic E-state index is 0.0487. The Balaban J connectivity index is 2.40. The van der Waals surface area contributed by atoms with E-state index >= 15 is 0 Å². The molecule has 0 aromatic heterocycles. The molecule has 18 heavy (non-hydrogen) atoms. The highest BCUT2D eigenvalue weighted by molar-refractivity contribution is 6.31. The number of halogens is 1. The van der Waals surface area contributed by atoms with Crippen molar-refractivity contribution in [3.8, 4) is 11.1 Å². The van der Waals surface area contributed by atoms with Crippen LogP contribution in [0.3, 0.4) is 0 Å². The molecule has 0 fully saturated rings. The highest BCUT2D eigenvalue weighted by Crippen LogP contribution is 2.28. The molecule has 0 saturated heterocycles. The van der Waals surface area contributed by atoms with Crippen molar-refractivity contribution in [1.82, 2.24) is 0 Å². The van der Waals surface area contributed by atoms with E-state index in [1.54, 1.807) is 6.07 Å². The predicted octanol–water partition coefficient (Wildman–Crippen LogP) is 3.94. The maximum absolute atomic E-state index is 10.7. The largest absolute Gasteiger partial charge is 0.481 e. The molecule has 0 aliphatic heterocycles. The molecule has 0 spiro atoms. The van der Waals surface area contributed by atoms with Crippen LogP contribution < -0.4 is 0 Å². The fourth-order valence-corrected chi connectivity index (χ4v) is 2.17. The molecule has 2 nitrogen and oxygen atoms in total. The second-order valence-electron chi connectivity index (χ2n) is 4.19. The van der Waals surface area contributed by atoms with Crippen molar-refractivity contribution in [2.24, 2.45) is 0 Å². The lowest BCUT2D eigenvalue weighted by Crippen LogP contribution is -2.00. The molecule has 0 heterocycles. The van der Waals surface area contributed by atoms with E-state index in [1.165, 1.54) is 5.56 Å². The third-order valence-electron chi connectivity index (χ3n) is 2.85. The lowest BCUT2D eigenvalue weighted by atomic mass is 9.99. The van der Waals surface area contributed by atoms with E-state index in [0.717, 1.165) is 11.1 Å². The average Bonchev–Trinajstić information content (AvgIpc) is 2.32. The minimum atomic E-state index is -0.874. The standard InChI is InChI=1S/C15H13ClO2/c1-10-4-2-3-5-13(10)11-6-7-12(9-15(17)18)14(16)8-11/h2-8H,9H2,1H3,(H,17,18). The smallest absolute Gasteiger partial charge is 0.307 e. The highest BCUT2D eigenvalue weighted by Gasteiger charge is 2.08. The molecule has 0 amide bonds. The molecule has 0 aliphatic rings. The third-order valence-corrected chi connectivity index (χ3v) is 3.20. The lowest BCUT2D eigenvalue weighted by molar-refractivity contribution is -0.136. The van der Waals surface area contributed by atoms with E-state index < -0.39 is 5.97 Å². The van der Waals surface area contributed by atoms with Gasteiger partial charge in [0.2, 0.25) is 0 Å². The van der Waals surface area contributed by atoms with Crippen LogP contribution in [-0.4, -0.2) is 11.1 Å². The summed E-state index contributed by atoms with van der Waals surface area (Å²) in [7, 11) is 0. The molecule has 2 aromatic carbocycles. The zero-order valence-electron chi connectivity index (χ0n) is 9.98. The summed E-state index contributed by atoms with van der Waals surface area (Å²) in [6, 6.07) is 13.5. The van der Waals surface area contributed by atoms with Crippen molar-refractivity contribution in [2.45, 2.75) is 13.3 Å². The second-order valence-corrected chi connectivity index (χ2v) is 4.60. The minimum Gasteiger partial charge on any atom is -0.481 e. The molecular weight excluding hydrogens is 248 g/mol. The van der Waals surface area contributed by atoms with E-state index in [4.69, 9.17) is 16.7 Å². The van der Waals surface area contributed by atoms with Crippen molar-refractivity contribution < 1.29 is 9.90 Å². The first-order valence-electron chi connectivity index (χ1n) is 5.64. The van der Waals surface area contributed by atoms with Gasteiger partial charge in [-0.05, 0) is 35.2 Å². The quantitative estimate of drug-likeness (QED) is 0.908. The van der Waals surface area contributed by atoms with Gasteiger partial charge in [0.05, 0.1) is 6.42 Å². The van der Waals surface area contributed by atoms with Gasteiger partial charge in [-0.2, -0.15) is 0 Å². The summed E-state index contributed by atoms with van der Waals surface area (Å²) in [4.78, 5) is 10.7.